The Morgan fingerprint density at radius 1 is 1.04 bits per heavy atom. The third-order valence-corrected chi connectivity index (χ3v) is 4.69. The maximum Gasteiger partial charge on any atom is 0.120 e. The first kappa shape index (κ1) is 18.3. The van der Waals surface area contributed by atoms with Crippen molar-refractivity contribution in [2.75, 3.05) is 0 Å². The first-order chi connectivity index (χ1) is 12.7. The van der Waals surface area contributed by atoms with Crippen LogP contribution in [0.3, 0.4) is 0 Å². The molecule has 3 aromatic carbocycles. The van der Waals surface area contributed by atoms with Gasteiger partial charge in [0.25, 0.3) is 0 Å². The number of hydrogen-bond donors (Lipinski definition) is 0. The third kappa shape index (κ3) is 4.76. The van der Waals surface area contributed by atoms with Gasteiger partial charge in [-0.05, 0) is 47.5 Å². The highest BCUT2D eigenvalue weighted by Gasteiger charge is 2.04. The third-order valence-electron chi connectivity index (χ3n) is 3.80. The molecule has 0 radical (unpaired) electrons. The van der Waals surface area contributed by atoms with Crippen LogP contribution in [0.15, 0.2) is 77.3 Å². The van der Waals surface area contributed by atoms with Gasteiger partial charge in [0.2, 0.25) is 0 Å². The molecular weight excluding hydrogens is 410 g/mol. The molecule has 0 spiro atoms. The van der Waals surface area contributed by atoms with E-state index in [-0.39, 0.29) is 0 Å². The van der Waals surface area contributed by atoms with E-state index in [1.165, 1.54) is 0 Å². The monoisotopic (exact) mass is 423 g/mol. The maximum atomic E-state index is 9.49. The van der Waals surface area contributed by atoms with Gasteiger partial charge in [-0.3, -0.25) is 0 Å². The molecule has 128 valence electrons. The van der Waals surface area contributed by atoms with Crippen LogP contribution in [0.25, 0.3) is 11.6 Å². The van der Waals surface area contributed by atoms with Gasteiger partial charge in [0.05, 0.1) is 11.6 Å². The van der Waals surface area contributed by atoms with Gasteiger partial charge in [0.1, 0.15) is 12.4 Å². The molecule has 0 aliphatic heterocycles. The highest BCUT2D eigenvalue weighted by molar-refractivity contribution is 9.10. The predicted octanol–water partition coefficient (Wildman–Crippen LogP) is 6.75. The standard InChI is InChI=1S/C22H15BrClNO/c23-20-10-8-17(9-11-20)19(14-25)12-16-4-3-6-21(13-16)26-15-18-5-1-2-7-22(18)24/h1-13H,15H2/b19-12-. The number of nitrogens with zero attached hydrogens (tertiary/aromatic N) is 1. The summed E-state index contributed by atoms with van der Waals surface area (Å²) >= 11 is 9.57. The van der Waals surface area contributed by atoms with Crippen molar-refractivity contribution in [3.8, 4) is 11.8 Å². The number of allylic oxidation sites excluding steroid dienone is 1. The lowest BCUT2D eigenvalue weighted by molar-refractivity contribution is 0.306. The molecule has 2 nitrogen and oxygen atoms in total. The first-order valence-electron chi connectivity index (χ1n) is 8.00. The molecule has 0 aliphatic carbocycles. The predicted molar refractivity (Wildman–Crippen MR) is 110 cm³/mol. The molecule has 0 heterocycles. The Morgan fingerprint density at radius 2 is 1.81 bits per heavy atom. The van der Waals surface area contributed by atoms with Crippen LogP contribution in [0.2, 0.25) is 5.02 Å². The van der Waals surface area contributed by atoms with Gasteiger partial charge in [-0.25, -0.2) is 0 Å². The quantitative estimate of drug-likeness (QED) is 0.335. The number of rotatable bonds is 5. The molecule has 0 unspecified atom stereocenters. The van der Waals surface area contributed by atoms with E-state index < -0.39 is 0 Å². The van der Waals surface area contributed by atoms with Gasteiger partial charge in [-0.1, -0.05) is 70.0 Å². The van der Waals surface area contributed by atoms with E-state index in [9.17, 15) is 5.26 Å². The summed E-state index contributed by atoms with van der Waals surface area (Å²) < 4.78 is 6.83. The van der Waals surface area contributed by atoms with E-state index in [2.05, 4.69) is 22.0 Å². The number of ether oxygens (including phenoxy) is 1. The van der Waals surface area contributed by atoms with Crippen molar-refractivity contribution < 1.29 is 4.74 Å². The Morgan fingerprint density at radius 3 is 2.54 bits per heavy atom. The second kappa shape index (κ2) is 8.71. The minimum atomic E-state index is 0.394. The largest absolute Gasteiger partial charge is 0.489 e. The smallest absolute Gasteiger partial charge is 0.120 e. The zero-order chi connectivity index (χ0) is 18.4. The van der Waals surface area contributed by atoms with E-state index in [0.29, 0.717) is 17.2 Å². The molecule has 0 fully saturated rings. The van der Waals surface area contributed by atoms with Crippen LogP contribution < -0.4 is 4.74 Å². The lowest BCUT2D eigenvalue weighted by Gasteiger charge is -2.08. The average molecular weight is 425 g/mol. The van der Waals surface area contributed by atoms with Gasteiger partial charge < -0.3 is 4.74 Å². The van der Waals surface area contributed by atoms with E-state index in [1.54, 1.807) is 0 Å². The van der Waals surface area contributed by atoms with Crippen molar-refractivity contribution in [1.29, 1.82) is 5.26 Å². The molecule has 4 heteroatoms. The highest BCUT2D eigenvalue weighted by Crippen LogP contribution is 2.23. The molecule has 0 aromatic heterocycles. The van der Waals surface area contributed by atoms with Crippen LogP contribution in [0, 0.1) is 11.3 Å². The second-order valence-electron chi connectivity index (χ2n) is 5.63. The first-order valence-corrected chi connectivity index (χ1v) is 9.17. The summed E-state index contributed by atoms with van der Waals surface area (Å²) in [7, 11) is 0. The van der Waals surface area contributed by atoms with Crippen molar-refractivity contribution in [1.82, 2.24) is 0 Å². The minimum Gasteiger partial charge on any atom is -0.489 e. The number of benzene rings is 3. The number of nitriles is 1. The molecule has 3 aromatic rings. The van der Waals surface area contributed by atoms with Crippen LogP contribution in [0.1, 0.15) is 16.7 Å². The lowest BCUT2D eigenvalue weighted by Crippen LogP contribution is -1.96. The molecule has 0 atom stereocenters. The second-order valence-corrected chi connectivity index (χ2v) is 6.95. The SMILES string of the molecule is N#C/C(=C/c1cccc(OCc2ccccc2Cl)c1)c1ccc(Br)cc1. The van der Waals surface area contributed by atoms with Crippen molar-refractivity contribution in [3.63, 3.8) is 0 Å². The van der Waals surface area contributed by atoms with Crippen LogP contribution in [-0.4, -0.2) is 0 Å². The summed E-state index contributed by atoms with van der Waals surface area (Å²) in [4.78, 5) is 0. The fourth-order valence-electron chi connectivity index (χ4n) is 2.45. The number of halogens is 2. The summed E-state index contributed by atoms with van der Waals surface area (Å²) in [6.07, 6.45) is 1.85. The van der Waals surface area contributed by atoms with Crippen molar-refractivity contribution >= 4 is 39.2 Å². The molecule has 0 saturated heterocycles. The summed E-state index contributed by atoms with van der Waals surface area (Å²) in [5.41, 5.74) is 3.31. The molecule has 26 heavy (non-hydrogen) atoms. The van der Waals surface area contributed by atoms with Crippen LogP contribution in [-0.2, 0) is 6.61 Å². The summed E-state index contributed by atoms with van der Waals surface area (Å²) in [6, 6.07) is 25.2. The van der Waals surface area contributed by atoms with Crippen molar-refractivity contribution in [2.24, 2.45) is 0 Å². The Bertz CT molecular complexity index is 974. The van der Waals surface area contributed by atoms with E-state index in [4.69, 9.17) is 16.3 Å². The van der Waals surface area contributed by atoms with Gasteiger partial charge in [0, 0.05) is 15.1 Å². The maximum absolute atomic E-state index is 9.49. The average Bonchev–Trinajstić information content (AvgIpc) is 2.67. The highest BCUT2D eigenvalue weighted by atomic mass is 79.9. The molecule has 0 amide bonds. The summed E-state index contributed by atoms with van der Waals surface area (Å²) in [6.45, 7) is 0.394. The zero-order valence-corrected chi connectivity index (χ0v) is 16.2. The Kier molecular flexibility index (Phi) is 6.12. The van der Waals surface area contributed by atoms with E-state index in [0.717, 1.165) is 26.9 Å². The fourth-order valence-corrected chi connectivity index (χ4v) is 2.90. The van der Waals surface area contributed by atoms with Gasteiger partial charge in [-0.15, -0.1) is 0 Å². The van der Waals surface area contributed by atoms with Crippen molar-refractivity contribution in [3.05, 3.63) is 99.0 Å². The van der Waals surface area contributed by atoms with Gasteiger partial charge >= 0.3 is 0 Å². The van der Waals surface area contributed by atoms with E-state index in [1.807, 2.05) is 78.9 Å². The molecule has 0 N–H and O–H groups in total. The molecule has 0 bridgehead atoms. The molecule has 0 aliphatic rings. The summed E-state index contributed by atoms with van der Waals surface area (Å²) in [5, 5.41) is 10.2. The molecule has 0 saturated carbocycles. The summed E-state index contributed by atoms with van der Waals surface area (Å²) in [5.74, 6) is 0.728. The van der Waals surface area contributed by atoms with Crippen LogP contribution >= 0.6 is 27.5 Å². The van der Waals surface area contributed by atoms with Crippen molar-refractivity contribution in [2.45, 2.75) is 6.61 Å². The lowest BCUT2D eigenvalue weighted by atomic mass is 10.0. The Hall–Kier alpha value is -2.54. The van der Waals surface area contributed by atoms with Gasteiger partial charge in [0.15, 0.2) is 0 Å². The normalized spacial score (nSPS) is 11.0. The van der Waals surface area contributed by atoms with Gasteiger partial charge in [-0.2, -0.15) is 5.26 Å². The topological polar surface area (TPSA) is 33.0 Å². The Balaban J connectivity index is 1.79. The Labute approximate surface area is 166 Å². The van der Waals surface area contributed by atoms with Crippen LogP contribution in [0.5, 0.6) is 5.75 Å². The van der Waals surface area contributed by atoms with E-state index >= 15 is 0 Å². The van der Waals surface area contributed by atoms with Crippen LogP contribution in [0.4, 0.5) is 0 Å². The zero-order valence-electron chi connectivity index (χ0n) is 13.8. The fraction of sp³-hybridized carbons (Fsp3) is 0.0455. The molecular formula is C22H15BrClNO. The molecule has 3 rings (SSSR count). The number of hydrogen-bond acceptors (Lipinski definition) is 2. The minimum absolute atomic E-state index is 0.394.